The molecule has 1 aliphatic rings. The van der Waals surface area contributed by atoms with Crippen molar-refractivity contribution >= 4 is 11.6 Å². The number of carbonyl (C=O) groups excluding carboxylic acids is 1. The van der Waals surface area contributed by atoms with Gasteiger partial charge in [0.25, 0.3) is 5.91 Å². The van der Waals surface area contributed by atoms with Gasteiger partial charge in [-0.1, -0.05) is 24.3 Å². The zero-order chi connectivity index (χ0) is 18.4. The molecule has 0 spiro atoms. The molecule has 1 unspecified atom stereocenters. The third-order valence-electron chi connectivity index (χ3n) is 4.65. The standard InChI is InChI=1S/C20H25N3O3/c1-25-16-8-6-15(7-9-16)19(23-10-12-26-13-11-23)14-22-20(24)17-4-2-3-5-18(17)21/h2-9,19H,10-14,21H2,1H3,(H,22,24). The smallest absolute Gasteiger partial charge is 0.253 e. The minimum Gasteiger partial charge on any atom is -0.497 e. The van der Waals surface area contributed by atoms with Crippen LogP contribution in [0.3, 0.4) is 0 Å². The average Bonchev–Trinajstić information content (AvgIpc) is 2.69. The Morgan fingerprint density at radius 1 is 1.19 bits per heavy atom. The van der Waals surface area contributed by atoms with E-state index in [9.17, 15) is 4.79 Å². The van der Waals surface area contributed by atoms with E-state index in [1.807, 2.05) is 36.4 Å². The van der Waals surface area contributed by atoms with Crippen molar-refractivity contribution in [3.63, 3.8) is 0 Å². The highest BCUT2D eigenvalue weighted by Crippen LogP contribution is 2.24. The van der Waals surface area contributed by atoms with E-state index in [0.29, 0.717) is 31.0 Å². The third kappa shape index (κ3) is 4.33. The number of benzene rings is 2. The number of carbonyl (C=O) groups is 1. The third-order valence-corrected chi connectivity index (χ3v) is 4.65. The maximum Gasteiger partial charge on any atom is 0.253 e. The van der Waals surface area contributed by atoms with Gasteiger partial charge >= 0.3 is 0 Å². The lowest BCUT2D eigenvalue weighted by Crippen LogP contribution is -2.43. The summed E-state index contributed by atoms with van der Waals surface area (Å²) >= 11 is 0. The molecule has 3 N–H and O–H groups in total. The van der Waals surface area contributed by atoms with Gasteiger partial charge in [-0.3, -0.25) is 9.69 Å². The Hall–Kier alpha value is -2.57. The van der Waals surface area contributed by atoms with Crippen molar-refractivity contribution in [2.24, 2.45) is 0 Å². The molecule has 1 heterocycles. The number of amides is 1. The topological polar surface area (TPSA) is 76.8 Å². The molecule has 1 saturated heterocycles. The highest BCUT2D eigenvalue weighted by atomic mass is 16.5. The number of anilines is 1. The molecule has 26 heavy (non-hydrogen) atoms. The molecule has 1 atom stereocenters. The first-order valence-electron chi connectivity index (χ1n) is 8.77. The molecule has 1 fully saturated rings. The van der Waals surface area contributed by atoms with Crippen LogP contribution in [0.2, 0.25) is 0 Å². The van der Waals surface area contributed by atoms with E-state index >= 15 is 0 Å². The molecular weight excluding hydrogens is 330 g/mol. The predicted octanol–water partition coefficient (Wildman–Crippen LogP) is 2.08. The average molecular weight is 355 g/mol. The Morgan fingerprint density at radius 2 is 1.88 bits per heavy atom. The minimum atomic E-state index is -0.158. The van der Waals surface area contributed by atoms with Crippen LogP contribution in [0.25, 0.3) is 0 Å². The molecule has 6 heteroatoms. The first-order chi connectivity index (χ1) is 12.7. The molecule has 6 nitrogen and oxygen atoms in total. The van der Waals surface area contributed by atoms with Gasteiger partial charge in [0.2, 0.25) is 0 Å². The van der Waals surface area contributed by atoms with Crippen molar-refractivity contribution in [2.75, 3.05) is 45.7 Å². The number of para-hydroxylation sites is 1. The Balaban J connectivity index is 1.74. The van der Waals surface area contributed by atoms with E-state index in [4.69, 9.17) is 15.2 Å². The quantitative estimate of drug-likeness (QED) is 0.776. The second-order valence-corrected chi connectivity index (χ2v) is 6.23. The predicted molar refractivity (Wildman–Crippen MR) is 101 cm³/mol. The van der Waals surface area contributed by atoms with Crippen LogP contribution in [0, 0.1) is 0 Å². The number of morpholine rings is 1. The molecule has 2 aromatic carbocycles. The van der Waals surface area contributed by atoms with E-state index in [0.717, 1.165) is 24.4 Å². The van der Waals surface area contributed by atoms with Gasteiger partial charge in [0.15, 0.2) is 0 Å². The Bertz CT molecular complexity index is 727. The van der Waals surface area contributed by atoms with Crippen molar-refractivity contribution in [3.05, 3.63) is 59.7 Å². The molecule has 1 amide bonds. The number of methoxy groups -OCH3 is 1. The summed E-state index contributed by atoms with van der Waals surface area (Å²) in [6.07, 6.45) is 0. The van der Waals surface area contributed by atoms with Crippen molar-refractivity contribution in [1.29, 1.82) is 0 Å². The number of nitrogen functional groups attached to an aromatic ring is 1. The fourth-order valence-electron chi connectivity index (χ4n) is 3.16. The summed E-state index contributed by atoms with van der Waals surface area (Å²) in [7, 11) is 1.65. The molecule has 0 aromatic heterocycles. The highest BCUT2D eigenvalue weighted by Gasteiger charge is 2.23. The zero-order valence-corrected chi connectivity index (χ0v) is 15.0. The lowest BCUT2D eigenvalue weighted by molar-refractivity contribution is 0.0162. The molecular formula is C20H25N3O3. The summed E-state index contributed by atoms with van der Waals surface area (Å²) in [5.74, 6) is 0.658. The number of hydrogen-bond donors (Lipinski definition) is 2. The van der Waals surface area contributed by atoms with E-state index in [2.05, 4.69) is 10.2 Å². The molecule has 0 aliphatic carbocycles. The summed E-state index contributed by atoms with van der Waals surface area (Å²) < 4.78 is 10.7. The van der Waals surface area contributed by atoms with Crippen LogP contribution < -0.4 is 15.8 Å². The van der Waals surface area contributed by atoms with Crippen molar-refractivity contribution < 1.29 is 14.3 Å². The second kappa shape index (κ2) is 8.69. The number of ether oxygens (including phenoxy) is 2. The number of nitrogens with two attached hydrogens (primary N) is 1. The van der Waals surface area contributed by atoms with Crippen molar-refractivity contribution in [3.8, 4) is 5.75 Å². The van der Waals surface area contributed by atoms with Crippen LogP contribution in [0.15, 0.2) is 48.5 Å². The van der Waals surface area contributed by atoms with Crippen LogP contribution in [0.1, 0.15) is 22.0 Å². The van der Waals surface area contributed by atoms with Gasteiger partial charge in [-0.25, -0.2) is 0 Å². The lowest BCUT2D eigenvalue weighted by atomic mass is 10.0. The van der Waals surface area contributed by atoms with E-state index in [-0.39, 0.29) is 11.9 Å². The minimum absolute atomic E-state index is 0.0682. The van der Waals surface area contributed by atoms with Gasteiger partial charge in [0.1, 0.15) is 5.75 Å². The summed E-state index contributed by atoms with van der Waals surface area (Å²) in [5, 5.41) is 3.03. The van der Waals surface area contributed by atoms with Crippen LogP contribution >= 0.6 is 0 Å². The Labute approximate surface area is 153 Å². The largest absolute Gasteiger partial charge is 0.497 e. The van der Waals surface area contributed by atoms with E-state index in [1.54, 1.807) is 19.2 Å². The van der Waals surface area contributed by atoms with Gasteiger partial charge < -0.3 is 20.5 Å². The fourth-order valence-corrected chi connectivity index (χ4v) is 3.16. The van der Waals surface area contributed by atoms with E-state index < -0.39 is 0 Å². The lowest BCUT2D eigenvalue weighted by Gasteiger charge is -2.35. The van der Waals surface area contributed by atoms with Gasteiger partial charge in [-0.2, -0.15) is 0 Å². The zero-order valence-electron chi connectivity index (χ0n) is 15.0. The molecule has 0 radical (unpaired) electrons. The summed E-state index contributed by atoms with van der Waals surface area (Å²) in [4.78, 5) is 14.9. The molecule has 0 saturated carbocycles. The maximum absolute atomic E-state index is 12.5. The second-order valence-electron chi connectivity index (χ2n) is 6.23. The summed E-state index contributed by atoms with van der Waals surface area (Å²) in [5.41, 5.74) is 8.03. The van der Waals surface area contributed by atoms with Crippen molar-refractivity contribution in [1.82, 2.24) is 10.2 Å². The van der Waals surface area contributed by atoms with Crippen molar-refractivity contribution in [2.45, 2.75) is 6.04 Å². The summed E-state index contributed by atoms with van der Waals surface area (Å²) in [6.45, 7) is 3.57. The van der Waals surface area contributed by atoms with Crippen LogP contribution in [0.4, 0.5) is 5.69 Å². The van der Waals surface area contributed by atoms with Gasteiger partial charge in [0, 0.05) is 25.3 Å². The Morgan fingerprint density at radius 3 is 2.54 bits per heavy atom. The van der Waals surface area contributed by atoms with Crippen LogP contribution in [-0.2, 0) is 4.74 Å². The first-order valence-corrected chi connectivity index (χ1v) is 8.77. The van der Waals surface area contributed by atoms with Crippen LogP contribution in [0.5, 0.6) is 5.75 Å². The number of nitrogens with one attached hydrogen (secondary N) is 1. The SMILES string of the molecule is COc1ccc(C(CNC(=O)c2ccccc2N)N2CCOCC2)cc1. The number of rotatable bonds is 6. The summed E-state index contributed by atoms with van der Waals surface area (Å²) in [6, 6.07) is 15.1. The fraction of sp³-hybridized carbons (Fsp3) is 0.350. The molecule has 3 rings (SSSR count). The van der Waals surface area contributed by atoms with Gasteiger partial charge in [-0.05, 0) is 29.8 Å². The molecule has 1 aliphatic heterocycles. The maximum atomic E-state index is 12.5. The Kier molecular flexibility index (Phi) is 6.09. The molecule has 0 bridgehead atoms. The van der Waals surface area contributed by atoms with Gasteiger partial charge in [-0.15, -0.1) is 0 Å². The number of hydrogen-bond acceptors (Lipinski definition) is 5. The highest BCUT2D eigenvalue weighted by molar-refractivity contribution is 5.99. The first kappa shape index (κ1) is 18.2. The normalized spacial score (nSPS) is 16.0. The van der Waals surface area contributed by atoms with Gasteiger partial charge in [0.05, 0.1) is 31.9 Å². The molecule has 2 aromatic rings. The van der Waals surface area contributed by atoms with E-state index in [1.165, 1.54) is 0 Å². The monoisotopic (exact) mass is 355 g/mol. The number of nitrogens with zero attached hydrogens (tertiary/aromatic N) is 1. The molecule has 138 valence electrons. The van der Waals surface area contributed by atoms with Crippen LogP contribution in [-0.4, -0.2) is 50.8 Å².